The van der Waals surface area contributed by atoms with Gasteiger partial charge in [0, 0.05) is 30.9 Å². The van der Waals surface area contributed by atoms with E-state index in [1.165, 1.54) is 4.90 Å². The molecule has 2 aromatic rings. The fourth-order valence-corrected chi connectivity index (χ4v) is 4.19. The van der Waals surface area contributed by atoms with Gasteiger partial charge in [-0.2, -0.15) is 31.4 Å². The third-order valence-corrected chi connectivity index (χ3v) is 5.67. The minimum absolute atomic E-state index is 0.0136. The summed E-state index contributed by atoms with van der Waals surface area (Å²) in [6.07, 6.45) is -10.0. The lowest BCUT2D eigenvalue weighted by atomic mass is 9.83. The Morgan fingerprint density at radius 3 is 2.58 bits per heavy atom. The van der Waals surface area contributed by atoms with Crippen LogP contribution < -0.4 is 10.2 Å². The lowest BCUT2D eigenvalue weighted by molar-refractivity contribution is -0.267. The van der Waals surface area contributed by atoms with E-state index in [-0.39, 0.29) is 36.0 Å². The molecule has 2 aliphatic rings. The molecule has 0 radical (unpaired) electrons. The Bertz CT molecular complexity index is 1040. The molecular weight excluding hydrogens is 456 g/mol. The molecule has 0 aliphatic carbocycles. The molecule has 7 nitrogen and oxygen atoms in total. The van der Waals surface area contributed by atoms with E-state index in [0.717, 1.165) is 6.07 Å². The number of hydrogen-bond donors (Lipinski definition) is 3. The van der Waals surface area contributed by atoms with Crippen LogP contribution in [0.25, 0.3) is 0 Å². The lowest BCUT2D eigenvalue weighted by Crippen LogP contribution is -2.48. The number of halogens is 7. The maximum atomic E-state index is 13.6. The van der Waals surface area contributed by atoms with Gasteiger partial charge in [0.15, 0.2) is 11.4 Å². The number of alkyl halides is 6. The molecule has 1 fully saturated rings. The first-order valence-corrected chi connectivity index (χ1v) is 9.34. The first kappa shape index (κ1) is 21.7. The summed E-state index contributed by atoms with van der Waals surface area (Å²) in [4.78, 5) is 17.0. The highest BCUT2D eigenvalue weighted by molar-refractivity contribution is 6.33. The maximum absolute atomic E-state index is 13.6. The third kappa shape index (κ3) is 3.59. The first-order valence-electron chi connectivity index (χ1n) is 8.96. The van der Waals surface area contributed by atoms with Crippen LogP contribution in [-0.2, 0) is 16.6 Å². The highest BCUT2D eigenvalue weighted by Gasteiger charge is 2.61. The van der Waals surface area contributed by atoms with Gasteiger partial charge < -0.3 is 15.3 Å². The Morgan fingerprint density at radius 1 is 1.26 bits per heavy atom. The number of anilines is 2. The third-order valence-electron chi connectivity index (χ3n) is 5.40. The van der Waals surface area contributed by atoms with Crippen LogP contribution in [-0.4, -0.2) is 45.5 Å². The van der Waals surface area contributed by atoms with Crippen LogP contribution in [0.4, 0.5) is 38.0 Å². The summed E-state index contributed by atoms with van der Waals surface area (Å²) in [5, 5.41) is 18.5. The van der Waals surface area contributed by atoms with Crippen molar-refractivity contribution in [2.75, 3.05) is 23.3 Å². The fraction of sp³-hybridized carbons (Fsp3) is 0.471. The summed E-state index contributed by atoms with van der Waals surface area (Å²) in [6, 6.07) is 0.729. The topological polar surface area (TPSA) is 94.1 Å². The second kappa shape index (κ2) is 6.99. The number of nitrogens with zero attached hydrogens (tertiary/aromatic N) is 3. The van der Waals surface area contributed by atoms with E-state index in [0.29, 0.717) is 6.20 Å². The number of aromatic amines is 1. The molecule has 168 valence electrons. The van der Waals surface area contributed by atoms with Gasteiger partial charge in [0.2, 0.25) is 5.91 Å². The first-order chi connectivity index (χ1) is 14.3. The van der Waals surface area contributed by atoms with Gasteiger partial charge in [0.05, 0.1) is 22.6 Å². The van der Waals surface area contributed by atoms with Crippen LogP contribution in [0.2, 0.25) is 5.02 Å². The molecule has 1 saturated heterocycles. The van der Waals surface area contributed by atoms with E-state index in [2.05, 4.69) is 20.5 Å². The van der Waals surface area contributed by atoms with Crippen molar-refractivity contribution in [3.8, 4) is 0 Å². The van der Waals surface area contributed by atoms with Gasteiger partial charge in [-0.25, -0.2) is 4.98 Å². The van der Waals surface area contributed by atoms with Crippen molar-refractivity contribution in [2.45, 2.75) is 36.7 Å². The van der Waals surface area contributed by atoms with Crippen LogP contribution in [0.1, 0.15) is 35.6 Å². The van der Waals surface area contributed by atoms with Crippen molar-refractivity contribution in [3.63, 3.8) is 0 Å². The SMILES string of the molecule is O=C1C[C@](O)(C(F)(F)F)c2c(n[nH]c2[C@H]2CCN(c3ncc(C(F)(F)F)cc3Cl)C2)N1. The molecule has 2 aromatic heterocycles. The normalized spacial score (nSPS) is 24.3. The quantitative estimate of drug-likeness (QED) is 0.585. The van der Waals surface area contributed by atoms with Gasteiger partial charge in [-0.3, -0.25) is 9.89 Å². The summed E-state index contributed by atoms with van der Waals surface area (Å²) in [5.41, 5.74) is -5.01. The largest absolute Gasteiger partial charge is 0.422 e. The fourth-order valence-electron chi connectivity index (χ4n) is 3.91. The van der Waals surface area contributed by atoms with Gasteiger partial charge in [0.25, 0.3) is 0 Å². The van der Waals surface area contributed by atoms with Crippen LogP contribution in [0, 0.1) is 0 Å². The molecule has 0 aromatic carbocycles. The van der Waals surface area contributed by atoms with Crippen molar-refractivity contribution >= 4 is 29.1 Å². The number of fused-ring (bicyclic) bond motifs is 1. The number of aromatic nitrogens is 3. The molecule has 1 amide bonds. The minimum atomic E-state index is -5.13. The molecule has 0 spiro atoms. The van der Waals surface area contributed by atoms with Crippen molar-refractivity contribution in [2.24, 2.45) is 0 Å². The molecule has 0 unspecified atom stereocenters. The Morgan fingerprint density at radius 2 is 1.97 bits per heavy atom. The van der Waals surface area contributed by atoms with Crippen molar-refractivity contribution < 1.29 is 36.2 Å². The second-order valence-electron chi connectivity index (χ2n) is 7.40. The smallest absolute Gasteiger partial charge is 0.376 e. The van der Waals surface area contributed by atoms with Crippen molar-refractivity contribution in [1.82, 2.24) is 15.2 Å². The Kier molecular flexibility index (Phi) is 4.89. The average molecular weight is 470 g/mol. The summed E-state index contributed by atoms with van der Waals surface area (Å²) in [7, 11) is 0. The second-order valence-corrected chi connectivity index (χ2v) is 7.81. The predicted octanol–water partition coefficient (Wildman–Crippen LogP) is 3.56. The van der Waals surface area contributed by atoms with Gasteiger partial charge in [0.1, 0.15) is 5.82 Å². The molecule has 4 rings (SSSR count). The summed E-state index contributed by atoms with van der Waals surface area (Å²) >= 11 is 5.96. The zero-order valence-electron chi connectivity index (χ0n) is 15.4. The average Bonchev–Trinajstić information content (AvgIpc) is 3.26. The zero-order valence-corrected chi connectivity index (χ0v) is 16.2. The van der Waals surface area contributed by atoms with Crippen LogP contribution in [0.3, 0.4) is 0 Å². The molecule has 4 heterocycles. The molecule has 2 aliphatic heterocycles. The minimum Gasteiger partial charge on any atom is -0.376 e. The van der Waals surface area contributed by atoms with Gasteiger partial charge >= 0.3 is 12.4 Å². The Hall–Kier alpha value is -2.54. The number of carbonyl (C=O) groups is 1. The Balaban J connectivity index is 1.64. The zero-order chi connectivity index (χ0) is 22.8. The Labute approximate surface area is 175 Å². The van der Waals surface area contributed by atoms with E-state index in [4.69, 9.17) is 11.6 Å². The summed E-state index contributed by atoms with van der Waals surface area (Å²) in [5.74, 6) is -1.97. The van der Waals surface area contributed by atoms with Crippen LogP contribution in [0.15, 0.2) is 12.3 Å². The van der Waals surface area contributed by atoms with Gasteiger partial charge in [-0.15, -0.1) is 0 Å². The van der Waals surface area contributed by atoms with E-state index in [1.807, 2.05) is 0 Å². The maximum Gasteiger partial charge on any atom is 0.422 e. The molecule has 0 saturated carbocycles. The highest BCUT2D eigenvalue weighted by atomic mass is 35.5. The number of aliphatic hydroxyl groups is 1. The van der Waals surface area contributed by atoms with Gasteiger partial charge in [-0.1, -0.05) is 11.6 Å². The standard InChI is InChI=1S/C17H14ClF6N5O2/c18-9-3-8(16(19,20)21)5-25-14(9)29-2-1-7(6-29)12-11-13(28-27-12)26-10(30)4-15(11,31)17(22,23)24/h3,5,7,31H,1-2,4,6H2,(H2,26,27,28,30)/t7-,15+/m0/s1. The highest BCUT2D eigenvalue weighted by Crippen LogP contribution is 2.50. The predicted molar refractivity (Wildman–Crippen MR) is 95.6 cm³/mol. The summed E-state index contributed by atoms with van der Waals surface area (Å²) < 4.78 is 79.4. The number of rotatable bonds is 2. The molecule has 14 heteroatoms. The number of carbonyl (C=O) groups excluding carboxylic acids is 1. The van der Waals surface area contributed by atoms with E-state index in [1.54, 1.807) is 0 Å². The molecule has 0 bridgehead atoms. The number of nitrogens with one attached hydrogen (secondary N) is 2. The van der Waals surface area contributed by atoms with Gasteiger partial charge in [-0.05, 0) is 12.5 Å². The van der Waals surface area contributed by atoms with E-state index >= 15 is 0 Å². The summed E-state index contributed by atoms with van der Waals surface area (Å²) in [6.45, 7) is 0.307. The molecule has 2 atom stereocenters. The number of amides is 1. The molecule has 3 N–H and O–H groups in total. The van der Waals surface area contributed by atoms with Crippen LogP contribution >= 0.6 is 11.6 Å². The monoisotopic (exact) mass is 469 g/mol. The van der Waals surface area contributed by atoms with Crippen molar-refractivity contribution in [3.05, 3.63) is 34.1 Å². The molecule has 31 heavy (non-hydrogen) atoms. The van der Waals surface area contributed by atoms with E-state index < -0.39 is 53.1 Å². The number of hydrogen-bond acceptors (Lipinski definition) is 5. The molecular formula is C17H14ClF6N5O2. The number of pyridine rings is 1. The lowest BCUT2D eigenvalue weighted by Gasteiger charge is -2.34. The van der Waals surface area contributed by atoms with Crippen LogP contribution in [0.5, 0.6) is 0 Å². The van der Waals surface area contributed by atoms with E-state index in [9.17, 15) is 36.2 Å². The number of H-pyrrole nitrogens is 1. The van der Waals surface area contributed by atoms with Crippen molar-refractivity contribution in [1.29, 1.82) is 0 Å².